The van der Waals surface area contributed by atoms with Gasteiger partial charge in [-0.15, -0.1) is 0 Å². The number of rotatable bonds is 4. The predicted octanol–water partition coefficient (Wildman–Crippen LogP) is 5.36. The summed E-state index contributed by atoms with van der Waals surface area (Å²) >= 11 is 9.23. The van der Waals surface area contributed by atoms with Crippen LogP contribution in [0.25, 0.3) is 0 Å². The summed E-state index contributed by atoms with van der Waals surface area (Å²) in [5.74, 6) is -0.0110. The number of hydrazone groups is 1. The molecule has 2 N–H and O–H groups in total. The number of phenols is 1. The molecular formula is C21H22BrClN2O2. The van der Waals surface area contributed by atoms with Crippen molar-refractivity contribution in [2.75, 3.05) is 0 Å². The third-order valence-electron chi connectivity index (χ3n) is 4.77. The van der Waals surface area contributed by atoms with Crippen LogP contribution in [-0.2, 0) is 10.2 Å². The second-order valence-corrected chi connectivity index (χ2v) is 9.20. The molecule has 0 unspecified atom stereocenters. The lowest BCUT2D eigenvalue weighted by molar-refractivity contribution is -0.122. The molecule has 4 nitrogen and oxygen atoms in total. The van der Waals surface area contributed by atoms with E-state index in [2.05, 4.69) is 71.5 Å². The lowest BCUT2D eigenvalue weighted by atomic mass is 9.86. The van der Waals surface area contributed by atoms with E-state index in [9.17, 15) is 9.90 Å². The number of aromatic hydroxyl groups is 1. The van der Waals surface area contributed by atoms with Crippen molar-refractivity contribution in [2.45, 2.75) is 38.5 Å². The molecule has 0 saturated heterocycles. The Morgan fingerprint density at radius 1 is 1.30 bits per heavy atom. The van der Waals surface area contributed by atoms with Crippen molar-refractivity contribution in [3.8, 4) is 5.75 Å². The normalized spacial score (nSPS) is 19.3. The van der Waals surface area contributed by atoms with Crippen LogP contribution in [0.5, 0.6) is 5.75 Å². The number of carbonyl (C=O) groups excluding carboxylic acids is 1. The van der Waals surface area contributed by atoms with E-state index in [0.29, 0.717) is 5.56 Å². The minimum absolute atomic E-state index is 0.0673. The van der Waals surface area contributed by atoms with Gasteiger partial charge in [-0.25, -0.2) is 5.43 Å². The smallest absolute Gasteiger partial charge is 0.243 e. The minimum atomic E-state index is -0.114. The van der Waals surface area contributed by atoms with E-state index >= 15 is 0 Å². The van der Waals surface area contributed by atoms with Crippen LogP contribution in [0.4, 0.5) is 0 Å². The van der Waals surface area contributed by atoms with E-state index in [1.807, 2.05) is 0 Å². The molecule has 0 aromatic heterocycles. The fourth-order valence-electron chi connectivity index (χ4n) is 3.02. The van der Waals surface area contributed by atoms with Gasteiger partial charge in [0.05, 0.1) is 11.2 Å². The number of amides is 1. The molecule has 1 fully saturated rings. The SMILES string of the molecule is CC(C)(C)c1ccc([C@H]2C[C@H]2C(=O)NN=Cc2cc(Br)cc(Cl)c2O)cc1. The molecule has 0 radical (unpaired) electrons. The van der Waals surface area contributed by atoms with Crippen molar-refractivity contribution >= 4 is 39.7 Å². The third-order valence-corrected chi connectivity index (χ3v) is 5.51. The van der Waals surface area contributed by atoms with E-state index in [0.717, 1.165) is 10.9 Å². The number of halogens is 2. The highest BCUT2D eigenvalue weighted by Gasteiger charge is 2.44. The molecule has 0 heterocycles. The summed E-state index contributed by atoms with van der Waals surface area (Å²) < 4.78 is 0.721. The Kier molecular flexibility index (Phi) is 5.63. The molecule has 3 rings (SSSR count). The maximum absolute atomic E-state index is 12.3. The molecule has 2 aromatic rings. The van der Waals surface area contributed by atoms with Crippen LogP contribution in [0.3, 0.4) is 0 Å². The topological polar surface area (TPSA) is 61.7 Å². The second kappa shape index (κ2) is 7.64. The van der Waals surface area contributed by atoms with Gasteiger partial charge in [-0.3, -0.25) is 4.79 Å². The Bertz CT molecular complexity index is 888. The monoisotopic (exact) mass is 448 g/mol. The molecule has 142 valence electrons. The molecule has 0 aliphatic heterocycles. The summed E-state index contributed by atoms with van der Waals surface area (Å²) in [6.07, 6.45) is 2.21. The van der Waals surface area contributed by atoms with Crippen molar-refractivity contribution < 1.29 is 9.90 Å². The zero-order valence-electron chi connectivity index (χ0n) is 15.5. The summed E-state index contributed by atoms with van der Waals surface area (Å²) in [6, 6.07) is 11.8. The molecule has 0 bridgehead atoms. The van der Waals surface area contributed by atoms with Crippen molar-refractivity contribution in [1.82, 2.24) is 5.43 Å². The van der Waals surface area contributed by atoms with Gasteiger partial charge in [0.1, 0.15) is 5.75 Å². The van der Waals surface area contributed by atoms with Crippen LogP contribution in [0, 0.1) is 5.92 Å². The van der Waals surface area contributed by atoms with Gasteiger partial charge < -0.3 is 5.11 Å². The Hall–Kier alpha value is -1.85. The first-order valence-corrected chi connectivity index (χ1v) is 9.95. The van der Waals surface area contributed by atoms with E-state index in [-0.39, 0.29) is 33.9 Å². The summed E-state index contributed by atoms with van der Waals surface area (Å²) in [4.78, 5) is 12.3. The average molecular weight is 450 g/mol. The predicted molar refractivity (Wildman–Crippen MR) is 113 cm³/mol. The molecule has 27 heavy (non-hydrogen) atoms. The van der Waals surface area contributed by atoms with E-state index in [1.165, 1.54) is 17.3 Å². The number of nitrogens with one attached hydrogen (secondary N) is 1. The van der Waals surface area contributed by atoms with E-state index in [4.69, 9.17) is 11.6 Å². The van der Waals surface area contributed by atoms with Crippen molar-refractivity contribution in [3.05, 3.63) is 62.6 Å². The van der Waals surface area contributed by atoms with Gasteiger partial charge >= 0.3 is 0 Å². The minimum Gasteiger partial charge on any atom is -0.506 e. The van der Waals surface area contributed by atoms with Gasteiger partial charge in [-0.05, 0) is 41.0 Å². The molecule has 6 heteroatoms. The van der Waals surface area contributed by atoms with Gasteiger partial charge in [-0.1, -0.05) is 72.6 Å². The Morgan fingerprint density at radius 2 is 1.96 bits per heavy atom. The largest absolute Gasteiger partial charge is 0.506 e. The fourth-order valence-corrected chi connectivity index (χ4v) is 3.85. The van der Waals surface area contributed by atoms with Crippen LogP contribution in [0.15, 0.2) is 46.0 Å². The summed E-state index contributed by atoms with van der Waals surface area (Å²) in [5, 5.41) is 14.1. The van der Waals surface area contributed by atoms with Crippen LogP contribution < -0.4 is 5.43 Å². The van der Waals surface area contributed by atoms with Crippen LogP contribution in [-0.4, -0.2) is 17.2 Å². The Labute approximate surface area is 172 Å². The molecule has 1 aliphatic rings. The molecule has 0 spiro atoms. The zero-order valence-corrected chi connectivity index (χ0v) is 17.8. The first-order valence-electron chi connectivity index (χ1n) is 8.78. The maximum atomic E-state index is 12.3. The van der Waals surface area contributed by atoms with Gasteiger partial charge in [0, 0.05) is 16.0 Å². The Morgan fingerprint density at radius 3 is 2.59 bits per heavy atom. The van der Waals surface area contributed by atoms with Crippen molar-refractivity contribution in [3.63, 3.8) is 0 Å². The lowest BCUT2D eigenvalue weighted by Crippen LogP contribution is -2.20. The third kappa shape index (κ3) is 4.71. The zero-order chi connectivity index (χ0) is 19.8. The number of nitrogens with zero attached hydrogens (tertiary/aromatic N) is 1. The average Bonchev–Trinajstić information content (AvgIpc) is 3.39. The number of benzene rings is 2. The van der Waals surface area contributed by atoms with Gasteiger partial charge in [0.2, 0.25) is 5.91 Å². The maximum Gasteiger partial charge on any atom is 0.243 e. The van der Waals surface area contributed by atoms with Gasteiger partial charge in [-0.2, -0.15) is 5.10 Å². The molecular weight excluding hydrogens is 428 g/mol. The van der Waals surface area contributed by atoms with E-state index in [1.54, 1.807) is 12.1 Å². The molecule has 2 atom stereocenters. The lowest BCUT2D eigenvalue weighted by Gasteiger charge is -2.19. The number of phenolic OH excluding ortho intramolecular Hbond substituents is 1. The Balaban J connectivity index is 1.59. The molecule has 1 saturated carbocycles. The number of carbonyl (C=O) groups is 1. The summed E-state index contributed by atoms with van der Waals surface area (Å²) in [7, 11) is 0. The second-order valence-electron chi connectivity index (χ2n) is 7.88. The number of hydrogen-bond donors (Lipinski definition) is 2. The quantitative estimate of drug-likeness (QED) is 0.487. The van der Waals surface area contributed by atoms with Gasteiger partial charge in [0.15, 0.2) is 0 Å². The van der Waals surface area contributed by atoms with Crippen LogP contribution >= 0.6 is 27.5 Å². The summed E-state index contributed by atoms with van der Waals surface area (Å²) in [6.45, 7) is 6.55. The van der Waals surface area contributed by atoms with Crippen molar-refractivity contribution in [1.29, 1.82) is 0 Å². The number of hydrogen-bond acceptors (Lipinski definition) is 3. The first-order chi connectivity index (χ1) is 12.7. The van der Waals surface area contributed by atoms with Crippen LogP contribution in [0.1, 0.15) is 49.8 Å². The molecule has 1 amide bonds. The molecule has 1 aliphatic carbocycles. The van der Waals surface area contributed by atoms with Gasteiger partial charge in [0.25, 0.3) is 0 Å². The fraction of sp³-hybridized carbons (Fsp3) is 0.333. The highest BCUT2D eigenvalue weighted by molar-refractivity contribution is 9.10. The van der Waals surface area contributed by atoms with E-state index < -0.39 is 0 Å². The highest BCUT2D eigenvalue weighted by Crippen LogP contribution is 2.47. The van der Waals surface area contributed by atoms with Crippen LogP contribution in [0.2, 0.25) is 5.02 Å². The standard InChI is InChI=1S/C21H22BrClN2O2/c1-21(2,3)14-6-4-12(5-7-14)16-10-17(16)20(27)25-24-11-13-8-15(22)9-18(23)19(13)26/h4-9,11,16-17,26H,10H2,1-3H3,(H,25,27)/t16-,17-/m1/s1. The first kappa shape index (κ1) is 19.9. The molecule has 2 aromatic carbocycles. The van der Waals surface area contributed by atoms with Crippen molar-refractivity contribution in [2.24, 2.45) is 11.0 Å². The summed E-state index contributed by atoms with van der Waals surface area (Å²) in [5.41, 5.74) is 5.57. The highest BCUT2D eigenvalue weighted by atomic mass is 79.9.